The van der Waals surface area contributed by atoms with Gasteiger partial charge in [-0.3, -0.25) is 4.90 Å². The van der Waals surface area contributed by atoms with Crippen LogP contribution in [0.4, 0.5) is 0 Å². The van der Waals surface area contributed by atoms with Crippen molar-refractivity contribution in [2.24, 2.45) is 0 Å². The molecule has 0 aliphatic carbocycles. The fourth-order valence-corrected chi connectivity index (χ4v) is 3.33. The second-order valence-electron chi connectivity index (χ2n) is 4.00. The van der Waals surface area contributed by atoms with E-state index in [1.807, 2.05) is 11.3 Å². The van der Waals surface area contributed by atoms with Gasteiger partial charge in [-0.2, -0.15) is 0 Å². The molecule has 1 atom stereocenters. The third-order valence-corrected chi connectivity index (χ3v) is 4.17. The van der Waals surface area contributed by atoms with Crippen molar-refractivity contribution in [3.63, 3.8) is 0 Å². The Morgan fingerprint density at radius 2 is 2.47 bits per heavy atom. The summed E-state index contributed by atoms with van der Waals surface area (Å²) in [5.74, 6) is 0. The van der Waals surface area contributed by atoms with Crippen LogP contribution in [0.1, 0.15) is 29.8 Å². The summed E-state index contributed by atoms with van der Waals surface area (Å²) in [4.78, 5) is 4.15. The number of nitrogens with zero attached hydrogens (tertiary/aromatic N) is 1. The summed E-state index contributed by atoms with van der Waals surface area (Å²) in [5.41, 5.74) is 1.56. The molecule has 1 aromatic rings. The van der Waals surface area contributed by atoms with Crippen molar-refractivity contribution in [3.05, 3.63) is 21.9 Å². The Labute approximate surface area is 95.9 Å². The average Bonchev–Trinajstić information content (AvgIpc) is 2.73. The molecule has 84 valence electrons. The largest absolute Gasteiger partial charge is 0.383 e. The van der Waals surface area contributed by atoms with Crippen molar-refractivity contribution in [2.45, 2.75) is 25.8 Å². The topological polar surface area (TPSA) is 12.5 Å². The molecule has 2 nitrogen and oxygen atoms in total. The first kappa shape index (κ1) is 11.1. The molecule has 15 heavy (non-hydrogen) atoms. The fraction of sp³-hybridized carbons (Fsp3) is 0.667. The van der Waals surface area contributed by atoms with Crippen molar-refractivity contribution < 1.29 is 4.74 Å². The number of hydrogen-bond donors (Lipinski definition) is 0. The quantitative estimate of drug-likeness (QED) is 0.781. The van der Waals surface area contributed by atoms with Crippen LogP contribution < -0.4 is 0 Å². The van der Waals surface area contributed by atoms with Gasteiger partial charge in [0.05, 0.1) is 6.61 Å². The zero-order valence-electron chi connectivity index (χ0n) is 9.53. The van der Waals surface area contributed by atoms with Gasteiger partial charge in [-0.25, -0.2) is 0 Å². The zero-order chi connectivity index (χ0) is 10.7. The van der Waals surface area contributed by atoms with Gasteiger partial charge < -0.3 is 4.74 Å². The molecule has 0 saturated heterocycles. The Morgan fingerprint density at radius 3 is 3.20 bits per heavy atom. The first-order chi connectivity index (χ1) is 7.36. The molecule has 0 spiro atoms. The summed E-state index contributed by atoms with van der Waals surface area (Å²) in [6.45, 7) is 5.37. The number of ether oxygens (including phenoxy) is 1. The summed E-state index contributed by atoms with van der Waals surface area (Å²) >= 11 is 1.91. The van der Waals surface area contributed by atoms with Gasteiger partial charge >= 0.3 is 0 Å². The lowest BCUT2D eigenvalue weighted by molar-refractivity contribution is 0.112. The average molecular weight is 225 g/mol. The first-order valence-corrected chi connectivity index (χ1v) is 6.54. The van der Waals surface area contributed by atoms with E-state index in [-0.39, 0.29) is 0 Å². The molecule has 0 amide bonds. The number of methoxy groups -OCH3 is 1. The minimum Gasteiger partial charge on any atom is -0.383 e. The molecule has 0 N–H and O–H groups in total. The molecule has 0 aromatic carbocycles. The molecule has 1 aromatic heterocycles. The zero-order valence-corrected chi connectivity index (χ0v) is 10.3. The Hall–Kier alpha value is -0.380. The Kier molecular flexibility index (Phi) is 3.78. The van der Waals surface area contributed by atoms with Gasteiger partial charge in [0.2, 0.25) is 0 Å². The Morgan fingerprint density at radius 1 is 1.60 bits per heavy atom. The molecule has 2 rings (SSSR count). The highest BCUT2D eigenvalue weighted by Gasteiger charge is 2.26. The second-order valence-corrected chi connectivity index (χ2v) is 5.00. The highest BCUT2D eigenvalue weighted by Crippen LogP contribution is 2.34. The summed E-state index contributed by atoms with van der Waals surface area (Å²) in [6.07, 6.45) is 2.42. The van der Waals surface area contributed by atoms with Crippen molar-refractivity contribution >= 4 is 11.3 Å². The lowest BCUT2D eigenvalue weighted by Gasteiger charge is -2.35. The molecule has 0 saturated carbocycles. The third-order valence-electron chi connectivity index (χ3n) is 3.18. The van der Waals surface area contributed by atoms with E-state index < -0.39 is 0 Å². The maximum absolute atomic E-state index is 5.17. The van der Waals surface area contributed by atoms with Crippen molar-refractivity contribution in [1.82, 2.24) is 4.90 Å². The smallest absolute Gasteiger partial charge is 0.0589 e. The van der Waals surface area contributed by atoms with Crippen LogP contribution >= 0.6 is 11.3 Å². The van der Waals surface area contributed by atoms with E-state index in [0.717, 1.165) is 13.2 Å². The van der Waals surface area contributed by atoms with Crippen molar-refractivity contribution in [2.75, 3.05) is 26.8 Å². The van der Waals surface area contributed by atoms with Crippen LogP contribution in [-0.2, 0) is 11.2 Å². The van der Waals surface area contributed by atoms with Gasteiger partial charge in [0.25, 0.3) is 0 Å². The van der Waals surface area contributed by atoms with Crippen LogP contribution in [0.25, 0.3) is 0 Å². The van der Waals surface area contributed by atoms with Gasteiger partial charge in [0, 0.05) is 31.1 Å². The Balaban J connectivity index is 2.10. The van der Waals surface area contributed by atoms with E-state index in [4.69, 9.17) is 4.74 Å². The molecule has 1 unspecified atom stereocenters. The maximum atomic E-state index is 5.17. The van der Waals surface area contributed by atoms with Crippen LogP contribution in [0.2, 0.25) is 0 Å². The minimum atomic E-state index is 0.621. The fourth-order valence-electron chi connectivity index (χ4n) is 2.40. The molecule has 2 heterocycles. The molecular formula is C12H19NOS. The standard InChI is InChI=1S/C12H19NOS/c1-3-11-10-5-9-15-12(10)4-6-13(11)7-8-14-2/h5,9,11H,3-4,6-8H2,1-2H3. The molecule has 3 heteroatoms. The number of fused-ring (bicyclic) bond motifs is 1. The third kappa shape index (κ3) is 2.25. The Bertz CT molecular complexity index is 310. The molecule has 0 fully saturated rings. The summed E-state index contributed by atoms with van der Waals surface area (Å²) in [5, 5.41) is 2.23. The van der Waals surface area contributed by atoms with Gasteiger partial charge in [-0.1, -0.05) is 6.92 Å². The highest BCUT2D eigenvalue weighted by molar-refractivity contribution is 7.10. The van der Waals surface area contributed by atoms with Crippen LogP contribution in [0.5, 0.6) is 0 Å². The summed E-state index contributed by atoms with van der Waals surface area (Å²) in [7, 11) is 1.78. The second kappa shape index (κ2) is 5.10. The normalized spacial score (nSPS) is 21.6. The van der Waals surface area contributed by atoms with Gasteiger partial charge in [0.1, 0.15) is 0 Å². The van der Waals surface area contributed by atoms with E-state index in [1.54, 1.807) is 17.6 Å². The molecular weight excluding hydrogens is 206 g/mol. The van der Waals surface area contributed by atoms with Crippen LogP contribution in [-0.4, -0.2) is 31.7 Å². The van der Waals surface area contributed by atoms with Gasteiger partial charge in [-0.05, 0) is 29.9 Å². The first-order valence-electron chi connectivity index (χ1n) is 5.66. The number of thiophene rings is 1. The molecule has 1 aliphatic heterocycles. The van der Waals surface area contributed by atoms with Crippen LogP contribution in [0.15, 0.2) is 11.4 Å². The molecule has 0 bridgehead atoms. The summed E-state index contributed by atoms with van der Waals surface area (Å²) < 4.78 is 5.17. The van der Waals surface area contributed by atoms with Crippen molar-refractivity contribution in [3.8, 4) is 0 Å². The predicted octanol–water partition coefficient (Wildman–Crippen LogP) is 2.70. The van der Waals surface area contributed by atoms with Crippen molar-refractivity contribution in [1.29, 1.82) is 0 Å². The number of rotatable bonds is 4. The molecule has 0 radical (unpaired) electrons. The monoisotopic (exact) mass is 225 g/mol. The number of hydrogen-bond acceptors (Lipinski definition) is 3. The van der Waals surface area contributed by atoms with E-state index in [9.17, 15) is 0 Å². The van der Waals surface area contributed by atoms with Gasteiger partial charge in [0.15, 0.2) is 0 Å². The predicted molar refractivity (Wildman–Crippen MR) is 64.5 cm³/mol. The summed E-state index contributed by atoms with van der Waals surface area (Å²) in [6, 6.07) is 2.92. The van der Waals surface area contributed by atoms with E-state index in [1.165, 1.54) is 19.4 Å². The highest BCUT2D eigenvalue weighted by atomic mass is 32.1. The van der Waals surface area contributed by atoms with E-state index in [0.29, 0.717) is 6.04 Å². The lowest BCUT2D eigenvalue weighted by atomic mass is 9.98. The van der Waals surface area contributed by atoms with Crippen LogP contribution in [0.3, 0.4) is 0 Å². The van der Waals surface area contributed by atoms with E-state index in [2.05, 4.69) is 23.3 Å². The SMILES string of the molecule is CCC1c2ccsc2CCN1CCOC. The lowest BCUT2D eigenvalue weighted by Crippen LogP contribution is -2.36. The molecule has 1 aliphatic rings. The van der Waals surface area contributed by atoms with Crippen LogP contribution in [0, 0.1) is 0 Å². The van der Waals surface area contributed by atoms with Gasteiger partial charge in [-0.15, -0.1) is 11.3 Å². The minimum absolute atomic E-state index is 0.621. The van der Waals surface area contributed by atoms with E-state index >= 15 is 0 Å². The maximum Gasteiger partial charge on any atom is 0.0589 e.